The second-order valence-corrected chi connectivity index (χ2v) is 8.54. The van der Waals surface area contributed by atoms with Crippen LogP contribution in [0.3, 0.4) is 0 Å². The average Bonchev–Trinajstić information content (AvgIpc) is 3.26. The maximum Gasteiger partial charge on any atom is 0.259 e. The van der Waals surface area contributed by atoms with Crippen molar-refractivity contribution in [2.24, 2.45) is 5.92 Å². The number of hydrogen-bond acceptors (Lipinski definition) is 5. The van der Waals surface area contributed by atoms with Crippen LogP contribution in [0.15, 0.2) is 10.7 Å². The number of carbonyl (C=O) groups excluding carboxylic acids is 1. The minimum Gasteiger partial charge on any atom is -0.361 e. The van der Waals surface area contributed by atoms with Gasteiger partial charge in [0, 0.05) is 49.2 Å². The van der Waals surface area contributed by atoms with E-state index in [9.17, 15) is 4.79 Å². The lowest BCUT2D eigenvalue weighted by atomic mass is 10.0. The highest BCUT2D eigenvalue weighted by Gasteiger charge is 2.32. The van der Waals surface area contributed by atoms with Crippen molar-refractivity contribution < 1.29 is 9.32 Å². The number of aromatic nitrogens is 5. The second kappa shape index (κ2) is 7.11. The fourth-order valence-electron chi connectivity index (χ4n) is 4.49. The number of nitrogens with zero attached hydrogens (tertiary/aromatic N) is 6. The molecule has 0 radical (unpaired) electrons. The van der Waals surface area contributed by atoms with Crippen molar-refractivity contribution in [2.75, 3.05) is 6.54 Å². The van der Waals surface area contributed by atoms with E-state index in [-0.39, 0.29) is 5.91 Å². The largest absolute Gasteiger partial charge is 0.361 e. The molecule has 0 unspecified atom stereocenters. The van der Waals surface area contributed by atoms with E-state index in [4.69, 9.17) is 14.6 Å². The fourth-order valence-corrected chi connectivity index (χ4v) is 4.49. The molecule has 2 aliphatic rings. The molecule has 158 valence electrons. The summed E-state index contributed by atoms with van der Waals surface area (Å²) in [5.41, 5.74) is 5.63. The first-order chi connectivity index (χ1) is 14.5. The van der Waals surface area contributed by atoms with Gasteiger partial charge in [-0.25, -0.2) is 4.98 Å². The quantitative estimate of drug-likeness (QED) is 0.647. The first-order valence-electron chi connectivity index (χ1n) is 10.8. The Morgan fingerprint density at radius 3 is 2.73 bits per heavy atom. The van der Waals surface area contributed by atoms with Gasteiger partial charge < -0.3 is 14.0 Å². The lowest BCUT2D eigenvalue weighted by Crippen LogP contribution is -2.37. The van der Waals surface area contributed by atoms with Gasteiger partial charge in [-0.15, -0.1) is 0 Å². The zero-order chi connectivity index (χ0) is 21.0. The number of amides is 1. The summed E-state index contributed by atoms with van der Waals surface area (Å²) < 4.78 is 9.60. The van der Waals surface area contributed by atoms with Crippen LogP contribution in [0.25, 0.3) is 11.5 Å². The van der Waals surface area contributed by atoms with Gasteiger partial charge in [-0.3, -0.25) is 9.48 Å². The molecule has 1 saturated carbocycles. The SMILES string of the molecule is CCn1nc(-c2ncc(C)n2CC2CC2)c2c1CCN(C(=O)c1c(C)noc1C)C2. The van der Waals surface area contributed by atoms with Crippen molar-refractivity contribution in [3.8, 4) is 11.5 Å². The summed E-state index contributed by atoms with van der Waals surface area (Å²) in [4.78, 5) is 19.9. The van der Waals surface area contributed by atoms with Crippen LogP contribution in [0.2, 0.25) is 0 Å². The van der Waals surface area contributed by atoms with Gasteiger partial charge in [0.1, 0.15) is 17.0 Å². The van der Waals surface area contributed by atoms with Crippen molar-refractivity contribution in [2.45, 2.75) is 66.6 Å². The topological polar surface area (TPSA) is 82.0 Å². The van der Waals surface area contributed by atoms with Crippen molar-refractivity contribution >= 4 is 5.91 Å². The number of aryl methyl sites for hydroxylation is 4. The molecule has 5 rings (SSSR count). The van der Waals surface area contributed by atoms with Crippen LogP contribution in [0.4, 0.5) is 0 Å². The number of fused-ring (bicyclic) bond motifs is 1. The molecule has 0 atom stereocenters. The van der Waals surface area contributed by atoms with Gasteiger partial charge >= 0.3 is 0 Å². The number of rotatable bonds is 5. The van der Waals surface area contributed by atoms with Gasteiger partial charge in [0.15, 0.2) is 5.82 Å². The van der Waals surface area contributed by atoms with E-state index in [1.807, 2.05) is 18.0 Å². The summed E-state index contributed by atoms with van der Waals surface area (Å²) in [6.45, 7) is 10.8. The highest BCUT2D eigenvalue weighted by atomic mass is 16.5. The molecule has 8 nitrogen and oxygen atoms in total. The highest BCUT2D eigenvalue weighted by molar-refractivity contribution is 5.96. The Labute approximate surface area is 175 Å². The average molecular weight is 409 g/mol. The number of hydrogen-bond donors (Lipinski definition) is 0. The summed E-state index contributed by atoms with van der Waals surface area (Å²) in [5.74, 6) is 2.22. The zero-order valence-corrected chi connectivity index (χ0v) is 18.1. The Hall–Kier alpha value is -2.90. The van der Waals surface area contributed by atoms with Crippen LogP contribution in [0.1, 0.15) is 58.5 Å². The van der Waals surface area contributed by atoms with Crippen LogP contribution in [0.5, 0.6) is 0 Å². The van der Waals surface area contributed by atoms with Gasteiger partial charge in [-0.05, 0) is 46.5 Å². The van der Waals surface area contributed by atoms with Gasteiger partial charge in [0.05, 0.1) is 12.2 Å². The van der Waals surface area contributed by atoms with Gasteiger partial charge in [-0.1, -0.05) is 5.16 Å². The number of imidazole rings is 1. The summed E-state index contributed by atoms with van der Waals surface area (Å²) in [5, 5.41) is 8.89. The summed E-state index contributed by atoms with van der Waals surface area (Å²) in [6.07, 6.45) is 5.30. The first-order valence-corrected chi connectivity index (χ1v) is 10.8. The molecule has 1 aliphatic carbocycles. The van der Waals surface area contributed by atoms with Crippen LogP contribution < -0.4 is 0 Å². The number of carbonyl (C=O) groups is 1. The predicted octanol–water partition coefficient (Wildman–Crippen LogP) is 3.29. The molecule has 0 saturated heterocycles. The monoisotopic (exact) mass is 408 g/mol. The van der Waals surface area contributed by atoms with E-state index in [1.165, 1.54) is 18.5 Å². The highest BCUT2D eigenvalue weighted by Crippen LogP contribution is 2.35. The zero-order valence-electron chi connectivity index (χ0n) is 18.1. The van der Waals surface area contributed by atoms with Crippen LogP contribution >= 0.6 is 0 Å². The molecule has 1 amide bonds. The van der Waals surface area contributed by atoms with E-state index < -0.39 is 0 Å². The van der Waals surface area contributed by atoms with Crippen molar-refractivity contribution in [3.05, 3.63) is 40.2 Å². The lowest BCUT2D eigenvalue weighted by molar-refractivity contribution is 0.0731. The molecule has 30 heavy (non-hydrogen) atoms. The van der Waals surface area contributed by atoms with Crippen LogP contribution in [0, 0.1) is 26.7 Å². The molecule has 8 heteroatoms. The molecular formula is C22H28N6O2. The van der Waals surface area contributed by atoms with Crippen molar-refractivity contribution in [1.29, 1.82) is 0 Å². The standard InChI is InChI=1S/C22H28N6O2/c1-5-28-18-8-9-26(22(29)19-14(3)25-30-15(19)4)12-17(18)20(24-28)21-23-10-13(2)27(21)11-16-6-7-16/h10,16H,5-9,11-12H2,1-4H3. The third kappa shape index (κ3) is 3.05. The molecule has 1 aliphatic heterocycles. The van der Waals surface area contributed by atoms with E-state index in [2.05, 4.69) is 28.3 Å². The molecule has 4 heterocycles. The van der Waals surface area contributed by atoms with E-state index >= 15 is 0 Å². The van der Waals surface area contributed by atoms with E-state index in [0.29, 0.717) is 30.1 Å². The van der Waals surface area contributed by atoms with Crippen LogP contribution in [-0.4, -0.2) is 41.8 Å². The molecular weight excluding hydrogens is 380 g/mol. The molecule has 0 aromatic carbocycles. The van der Waals surface area contributed by atoms with E-state index in [0.717, 1.165) is 48.2 Å². The molecule has 0 bridgehead atoms. The fraction of sp³-hybridized carbons (Fsp3) is 0.545. The molecule has 0 spiro atoms. The first kappa shape index (κ1) is 19.1. The Morgan fingerprint density at radius 2 is 2.07 bits per heavy atom. The van der Waals surface area contributed by atoms with E-state index in [1.54, 1.807) is 6.92 Å². The summed E-state index contributed by atoms with van der Waals surface area (Å²) in [6, 6.07) is 0. The minimum absolute atomic E-state index is 0.0235. The smallest absolute Gasteiger partial charge is 0.259 e. The van der Waals surface area contributed by atoms with Gasteiger partial charge in [0.25, 0.3) is 5.91 Å². The summed E-state index contributed by atoms with van der Waals surface area (Å²) >= 11 is 0. The van der Waals surface area contributed by atoms with Gasteiger partial charge in [-0.2, -0.15) is 5.10 Å². The minimum atomic E-state index is -0.0235. The normalized spacial score (nSPS) is 16.2. The Balaban J connectivity index is 1.53. The molecule has 0 N–H and O–H groups in total. The Bertz CT molecular complexity index is 1100. The maximum absolute atomic E-state index is 13.2. The Kier molecular flexibility index (Phi) is 4.52. The molecule has 3 aromatic heterocycles. The van der Waals surface area contributed by atoms with Gasteiger partial charge in [0.2, 0.25) is 0 Å². The predicted molar refractivity (Wildman–Crippen MR) is 111 cm³/mol. The Morgan fingerprint density at radius 1 is 1.27 bits per heavy atom. The maximum atomic E-state index is 13.2. The van der Waals surface area contributed by atoms with Crippen molar-refractivity contribution in [1.82, 2.24) is 29.4 Å². The third-order valence-electron chi connectivity index (χ3n) is 6.37. The molecule has 1 fully saturated rings. The van der Waals surface area contributed by atoms with Crippen molar-refractivity contribution in [3.63, 3.8) is 0 Å². The third-order valence-corrected chi connectivity index (χ3v) is 6.37. The summed E-state index contributed by atoms with van der Waals surface area (Å²) in [7, 11) is 0. The van der Waals surface area contributed by atoms with Crippen LogP contribution in [-0.2, 0) is 26.1 Å². The second-order valence-electron chi connectivity index (χ2n) is 8.54. The molecule has 3 aromatic rings. The lowest BCUT2D eigenvalue weighted by Gasteiger charge is -2.28.